The molecule has 1 N–H and O–H groups in total. The van der Waals surface area contributed by atoms with Gasteiger partial charge in [0.05, 0.1) is 11.7 Å². The van der Waals surface area contributed by atoms with Gasteiger partial charge in [-0.2, -0.15) is 11.8 Å². The molecule has 6 heteroatoms. The number of methoxy groups -OCH3 is 1. The van der Waals surface area contributed by atoms with Crippen molar-refractivity contribution in [2.45, 2.75) is 12.5 Å². The van der Waals surface area contributed by atoms with Crippen LogP contribution in [0.15, 0.2) is 22.9 Å². The van der Waals surface area contributed by atoms with Crippen LogP contribution in [0.4, 0.5) is 0 Å². The van der Waals surface area contributed by atoms with Crippen molar-refractivity contribution < 1.29 is 9.53 Å². The smallest absolute Gasteiger partial charge is 0.252 e. The number of pyridine rings is 1. The van der Waals surface area contributed by atoms with Crippen LogP contribution in [0.3, 0.4) is 0 Å². The van der Waals surface area contributed by atoms with Crippen molar-refractivity contribution in [2.75, 3.05) is 25.7 Å². The first-order valence-electron chi connectivity index (χ1n) is 5.58. The van der Waals surface area contributed by atoms with Gasteiger partial charge in [-0.15, -0.1) is 0 Å². The second-order valence-electron chi connectivity index (χ2n) is 3.74. The second kappa shape index (κ2) is 8.50. The van der Waals surface area contributed by atoms with E-state index in [-0.39, 0.29) is 12.0 Å². The van der Waals surface area contributed by atoms with Gasteiger partial charge in [0.2, 0.25) is 0 Å². The molecule has 0 saturated carbocycles. The van der Waals surface area contributed by atoms with Crippen molar-refractivity contribution in [1.82, 2.24) is 10.3 Å². The maximum atomic E-state index is 11.9. The van der Waals surface area contributed by atoms with Crippen molar-refractivity contribution in [3.63, 3.8) is 0 Å². The van der Waals surface area contributed by atoms with Gasteiger partial charge in [0.25, 0.3) is 5.91 Å². The van der Waals surface area contributed by atoms with E-state index in [4.69, 9.17) is 4.74 Å². The first-order valence-corrected chi connectivity index (χ1v) is 7.76. The summed E-state index contributed by atoms with van der Waals surface area (Å²) in [7, 11) is 1.66. The largest absolute Gasteiger partial charge is 0.380 e. The average Bonchev–Trinajstić information content (AvgIpc) is 2.38. The summed E-state index contributed by atoms with van der Waals surface area (Å²) in [5, 5.41) is 2.85. The predicted octanol–water partition coefficient (Wildman–Crippen LogP) is 2.34. The zero-order valence-electron chi connectivity index (χ0n) is 10.5. The number of thioether (sulfide) groups is 1. The molecule has 1 unspecified atom stereocenters. The van der Waals surface area contributed by atoms with Gasteiger partial charge >= 0.3 is 0 Å². The fraction of sp³-hybridized carbons (Fsp3) is 0.500. The Labute approximate surface area is 120 Å². The second-order valence-corrected chi connectivity index (χ2v) is 5.64. The molecule has 0 aromatic carbocycles. The molecule has 1 aromatic heterocycles. The number of carbonyl (C=O) groups is 1. The number of aromatic nitrogens is 1. The summed E-state index contributed by atoms with van der Waals surface area (Å²) in [6.07, 6.45) is 6.23. The maximum Gasteiger partial charge on any atom is 0.252 e. The molecule has 1 rings (SSSR count). The zero-order valence-corrected chi connectivity index (χ0v) is 12.9. The molecular formula is C12H17BrN2O2S. The number of hydrogen-bond donors (Lipinski definition) is 1. The van der Waals surface area contributed by atoms with E-state index >= 15 is 0 Å². The van der Waals surface area contributed by atoms with Gasteiger partial charge in [0.1, 0.15) is 0 Å². The Morgan fingerprint density at radius 2 is 2.39 bits per heavy atom. The third kappa shape index (κ3) is 5.37. The number of carbonyl (C=O) groups excluding carboxylic acids is 1. The predicted molar refractivity (Wildman–Crippen MR) is 78.1 cm³/mol. The minimum atomic E-state index is -0.130. The molecule has 1 aromatic rings. The average molecular weight is 333 g/mol. The van der Waals surface area contributed by atoms with E-state index in [1.807, 2.05) is 0 Å². The van der Waals surface area contributed by atoms with Crippen LogP contribution in [-0.2, 0) is 4.74 Å². The van der Waals surface area contributed by atoms with E-state index in [0.717, 1.165) is 16.6 Å². The van der Waals surface area contributed by atoms with Gasteiger partial charge in [-0.3, -0.25) is 9.78 Å². The molecule has 0 bridgehead atoms. The van der Waals surface area contributed by atoms with Crippen molar-refractivity contribution in [1.29, 1.82) is 0 Å². The quantitative estimate of drug-likeness (QED) is 0.832. The first-order chi connectivity index (χ1) is 8.67. The minimum Gasteiger partial charge on any atom is -0.380 e. The Morgan fingerprint density at radius 1 is 1.61 bits per heavy atom. The Bertz CT molecular complexity index is 390. The molecule has 0 aliphatic rings. The Balaban J connectivity index is 2.44. The lowest BCUT2D eigenvalue weighted by molar-refractivity contribution is 0.0819. The normalized spacial score (nSPS) is 12.2. The van der Waals surface area contributed by atoms with Crippen LogP contribution >= 0.6 is 27.7 Å². The van der Waals surface area contributed by atoms with Gasteiger partial charge in [-0.1, -0.05) is 0 Å². The molecule has 18 heavy (non-hydrogen) atoms. The molecule has 0 aliphatic carbocycles. The van der Waals surface area contributed by atoms with Crippen LogP contribution in [0, 0.1) is 0 Å². The lowest BCUT2D eigenvalue weighted by atomic mass is 10.2. The van der Waals surface area contributed by atoms with Gasteiger partial charge < -0.3 is 10.1 Å². The number of nitrogens with one attached hydrogen (secondary N) is 1. The van der Waals surface area contributed by atoms with Gasteiger partial charge in [0.15, 0.2) is 0 Å². The third-order valence-corrected chi connectivity index (χ3v) is 3.51. The summed E-state index contributed by atoms with van der Waals surface area (Å²) < 4.78 is 6.10. The van der Waals surface area contributed by atoms with E-state index in [1.54, 1.807) is 37.3 Å². The summed E-state index contributed by atoms with van der Waals surface area (Å²) in [6, 6.07) is 1.74. The Hall–Kier alpha value is -0.590. The van der Waals surface area contributed by atoms with Crippen molar-refractivity contribution in [3.05, 3.63) is 28.5 Å². The molecule has 0 fully saturated rings. The molecule has 0 aliphatic heterocycles. The van der Waals surface area contributed by atoms with Crippen molar-refractivity contribution >= 4 is 33.6 Å². The maximum absolute atomic E-state index is 11.9. The summed E-state index contributed by atoms with van der Waals surface area (Å²) in [6.45, 7) is 0.516. The summed E-state index contributed by atoms with van der Waals surface area (Å²) >= 11 is 5.06. The highest BCUT2D eigenvalue weighted by Gasteiger charge is 2.11. The molecule has 0 saturated heterocycles. The fourth-order valence-corrected chi connectivity index (χ4v) is 2.26. The van der Waals surface area contributed by atoms with E-state index in [2.05, 4.69) is 32.5 Å². The first kappa shape index (κ1) is 15.5. The highest BCUT2D eigenvalue weighted by atomic mass is 79.9. The third-order valence-electron chi connectivity index (χ3n) is 2.43. The molecule has 0 radical (unpaired) electrons. The van der Waals surface area contributed by atoms with E-state index in [9.17, 15) is 4.79 Å². The van der Waals surface area contributed by atoms with E-state index in [0.29, 0.717) is 12.1 Å². The summed E-state index contributed by atoms with van der Waals surface area (Å²) in [5.41, 5.74) is 0.545. The Kier molecular flexibility index (Phi) is 7.31. The standard InChI is InChI=1S/C12H17BrN2O2S/c1-17-11(3-4-18-2)8-15-12(16)9-5-10(13)7-14-6-9/h5-7,11H,3-4,8H2,1-2H3,(H,15,16). The van der Waals surface area contributed by atoms with Crippen LogP contribution in [0.25, 0.3) is 0 Å². The molecule has 100 valence electrons. The molecule has 1 heterocycles. The number of ether oxygens (including phenoxy) is 1. The van der Waals surface area contributed by atoms with Crippen LogP contribution in [0.1, 0.15) is 16.8 Å². The molecule has 1 amide bonds. The van der Waals surface area contributed by atoms with Gasteiger partial charge in [-0.25, -0.2) is 0 Å². The summed E-state index contributed by atoms with van der Waals surface area (Å²) in [4.78, 5) is 15.8. The SMILES string of the molecule is COC(CCSC)CNC(=O)c1cncc(Br)c1. The Morgan fingerprint density at radius 3 is 3.00 bits per heavy atom. The number of amides is 1. The van der Waals surface area contributed by atoms with Gasteiger partial charge in [0, 0.05) is 30.5 Å². The molecule has 0 spiro atoms. The zero-order chi connectivity index (χ0) is 13.4. The topological polar surface area (TPSA) is 51.2 Å². The van der Waals surface area contributed by atoms with Crippen LogP contribution < -0.4 is 5.32 Å². The number of halogens is 1. The number of hydrogen-bond acceptors (Lipinski definition) is 4. The van der Waals surface area contributed by atoms with Crippen LogP contribution in [0.2, 0.25) is 0 Å². The number of rotatable bonds is 7. The fourth-order valence-electron chi connectivity index (χ4n) is 1.40. The molecular weight excluding hydrogens is 316 g/mol. The van der Waals surface area contributed by atoms with E-state index in [1.165, 1.54) is 0 Å². The number of nitrogens with zero attached hydrogens (tertiary/aromatic N) is 1. The molecule has 1 atom stereocenters. The lowest BCUT2D eigenvalue weighted by Crippen LogP contribution is -2.33. The van der Waals surface area contributed by atoms with Crippen molar-refractivity contribution in [2.24, 2.45) is 0 Å². The monoisotopic (exact) mass is 332 g/mol. The highest BCUT2D eigenvalue weighted by Crippen LogP contribution is 2.09. The summed E-state index contributed by atoms with van der Waals surface area (Å²) in [5.74, 6) is 0.891. The van der Waals surface area contributed by atoms with Crippen molar-refractivity contribution in [3.8, 4) is 0 Å². The van der Waals surface area contributed by atoms with E-state index < -0.39 is 0 Å². The minimum absolute atomic E-state index is 0.0570. The van der Waals surface area contributed by atoms with Gasteiger partial charge in [-0.05, 0) is 40.4 Å². The molecule has 4 nitrogen and oxygen atoms in total. The van der Waals surface area contributed by atoms with Crippen LogP contribution in [-0.4, -0.2) is 42.7 Å². The van der Waals surface area contributed by atoms with Crippen LogP contribution in [0.5, 0.6) is 0 Å². The lowest BCUT2D eigenvalue weighted by Gasteiger charge is -2.15. The highest BCUT2D eigenvalue weighted by molar-refractivity contribution is 9.10.